The molecule has 2 N–H and O–H groups in total. The summed E-state index contributed by atoms with van der Waals surface area (Å²) in [6.45, 7) is 2.14. The number of benzene rings is 2. The van der Waals surface area contributed by atoms with Crippen molar-refractivity contribution in [3.63, 3.8) is 0 Å². The van der Waals surface area contributed by atoms with E-state index in [1.165, 1.54) is 63.6 Å². The molecule has 0 amide bonds. The molecular formula is C23H11Br4NS4. The van der Waals surface area contributed by atoms with E-state index in [0.717, 1.165) is 14.6 Å². The molecule has 9 heteroatoms. The van der Waals surface area contributed by atoms with Gasteiger partial charge in [0, 0.05) is 34.8 Å². The minimum atomic E-state index is 0.792. The summed E-state index contributed by atoms with van der Waals surface area (Å²) in [4.78, 5) is 5.03. The van der Waals surface area contributed by atoms with Crippen LogP contribution in [0, 0.1) is 6.92 Å². The Kier molecular flexibility index (Phi) is 5.66. The highest BCUT2D eigenvalue weighted by Crippen LogP contribution is 2.57. The van der Waals surface area contributed by atoms with Crippen LogP contribution in [0.4, 0.5) is 5.69 Å². The van der Waals surface area contributed by atoms with Crippen LogP contribution in [0.3, 0.4) is 0 Å². The quantitative estimate of drug-likeness (QED) is 0.175. The molecule has 0 aliphatic rings. The van der Waals surface area contributed by atoms with Crippen LogP contribution in [0.2, 0.25) is 0 Å². The zero-order valence-corrected chi connectivity index (χ0v) is 25.8. The van der Waals surface area contributed by atoms with Crippen molar-refractivity contribution in [2.24, 2.45) is 0 Å². The lowest BCUT2D eigenvalue weighted by atomic mass is 10.2. The number of nitrogens with two attached hydrogens (primary N) is 1. The van der Waals surface area contributed by atoms with E-state index in [1.807, 2.05) is 46.1 Å². The lowest BCUT2D eigenvalue weighted by Gasteiger charge is -1.98. The first-order chi connectivity index (χ1) is 15.3. The maximum Gasteiger partial charge on any atom is 0.0618 e. The molecule has 160 valence electrons. The second-order valence-electron chi connectivity index (χ2n) is 7.39. The standard InChI is InChI=1S/C23H11Br4NS4/c1-8-2-4-10-12(6-8)29-18(14(10)24)20-16(26)22-23(31-20)17(27)21(32-22)19-15(25)11-5-3-9(28)7-13(11)30-19/h2-7H,28H2,1H3. The van der Waals surface area contributed by atoms with Crippen molar-refractivity contribution >= 4 is 144 Å². The fourth-order valence-electron chi connectivity index (χ4n) is 3.72. The molecule has 6 aromatic rings. The molecule has 32 heavy (non-hydrogen) atoms. The van der Waals surface area contributed by atoms with E-state index >= 15 is 0 Å². The molecule has 2 aromatic carbocycles. The zero-order chi connectivity index (χ0) is 22.3. The summed E-state index contributed by atoms with van der Waals surface area (Å²) < 4.78 is 9.68. The topological polar surface area (TPSA) is 26.0 Å². The first-order valence-corrected chi connectivity index (χ1v) is 15.8. The molecule has 0 saturated heterocycles. The van der Waals surface area contributed by atoms with Crippen molar-refractivity contribution in [1.29, 1.82) is 0 Å². The Morgan fingerprint density at radius 1 is 0.594 bits per heavy atom. The van der Waals surface area contributed by atoms with Crippen molar-refractivity contribution in [2.45, 2.75) is 6.92 Å². The number of thiophene rings is 4. The van der Waals surface area contributed by atoms with Crippen LogP contribution in [-0.4, -0.2) is 0 Å². The first-order valence-electron chi connectivity index (χ1n) is 9.40. The van der Waals surface area contributed by atoms with Gasteiger partial charge in [-0.05, 0) is 94.4 Å². The molecule has 0 spiro atoms. The molecule has 1 nitrogen and oxygen atoms in total. The van der Waals surface area contributed by atoms with Gasteiger partial charge in [-0.15, -0.1) is 45.3 Å². The average molecular weight is 749 g/mol. The monoisotopic (exact) mass is 745 g/mol. The van der Waals surface area contributed by atoms with E-state index in [9.17, 15) is 0 Å². The summed E-state index contributed by atoms with van der Waals surface area (Å²) in [5.41, 5.74) is 8.09. The molecule has 0 fully saturated rings. The molecular weight excluding hydrogens is 738 g/mol. The van der Waals surface area contributed by atoms with Gasteiger partial charge in [-0.2, -0.15) is 0 Å². The van der Waals surface area contributed by atoms with E-state index in [0.29, 0.717) is 0 Å². The lowest BCUT2D eigenvalue weighted by molar-refractivity contribution is 1.52. The van der Waals surface area contributed by atoms with Crippen molar-refractivity contribution in [3.8, 4) is 19.5 Å². The van der Waals surface area contributed by atoms with Crippen LogP contribution in [0.1, 0.15) is 5.56 Å². The highest BCUT2D eigenvalue weighted by molar-refractivity contribution is 9.11. The van der Waals surface area contributed by atoms with E-state index in [2.05, 4.69) is 94.9 Å². The van der Waals surface area contributed by atoms with Gasteiger partial charge in [0.2, 0.25) is 0 Å². The normalized spacial score (nSPS) is 12.0. The van der Waals surface area contributed by atoms with Crippen molar-refractivity contribution in [1.82, 2.24) is 0 Å². The SMILES string of the molecule is Cc1ccc2c(Br)c(-c3sc4c(Br)c(-c5sc6cc(N)ccc6c5Br)sc4c3Br)sc2c1. The van der Waals surface area contributed by atoms with Crippen LogP contribution in [0.5, 0.6) is 0 Å². The molecule has 0 saturated carbocycles. The minimum Gasteiger partial charge on any atom is -0.399 e. The molecule has 0 aliphatic carbocycles. The Bertz CT molecular complexity index is 1580. The number of hydrogen-bond donors (Lipinski definition) is 1. The fourth-order valence-corrected chi connectivity index (χ4v) is 13.2. The summed E-state index contributed by atoms with van der Waals surface area (Å²) in [5.74, 6) is 0. The maximum absolute atomic E-state index is 6.01. The number of rotatable bonds is 2. The second kappa shape index (κ2) is 8.16. The molecule has 0 unspecified atom stereocenters. The van der Waals surface area contributed by atoms with Crippen molar-refractivity contribution in [3.05, 3.63) is 59.9 Å². The summed E-state index contributed by atoms with van der Waals surface area (Å²) in [7, 11) is 0. The predicted molar refractivity (Wildman–Crippen MR) is 161 cm³/mol. The Labute approximate surface area is 233 Å². The number of fused-ring (bicyclic) bond motifs is 3. The van der Waals surface area contributed by atoms with E-state index in [1.54, 1.807) is 11.3 Å². The third kappa shape index (κ3) is 3.34. The Balaban J connectivity index is 1.54. The number of hydrogen-bond acceptors (Lipinski definition) is 5. The van der Waals surface area contributed by atoms with Crippen LogP contribution in [-0.2, 0) is 0 Å². The maximum atomic E-state index is 6.01. The average Bonchev–Trinajstić information content (AvgIpc) is 3.45. The number of halogens is 4. The van der Waals surface area contributed by atoms with Gasteiger partial charge in [0.05, 0.1) is 37.9 Å². The largest absolute Gasteiger partial charge is 0.399 e. The Morgan fingerprint density at radius 3 is 1.62 bits per heavy atom. The molecule has 6 rings (SSSR count). The van der Waals surface area contributed by atoms with E-state index in [-0.39, 0.29) is 0 Å². The number of aryl methyl sites for hydroxylation is 1. The van der Waals surface area contributed by atoms with Crippen molar-refractivity contribution < 1.29 is 0 Å². The summed E-state index contributed by atoms with van der Waals surface area (Å²) in [6.07, 6.45) is 0. The molecule has 0 radical (unpaired) electrons. The third-order valence-corrected chi connectivity index (χ3v) is 15.2. The molecule has 0 bridgehead atoms. The van der Waals surface area contributed by atoms with Gasteiger partial charge in [-0.25, -0.2) is 0 Å². The number of anilines is 1. The first kappa shape index (κ1) is 22.2. The van der Waals surface area contributed by atoms with Gasteiger partial charge in [0.1, 0.15) is 0 Å². The van der Waals surface area contributed by atoms with Crippen LogP contribution >= 0.6 is 109 Å². The van der Waals surface area contributed by atoms with Gasteiger partial charge in [0.15, 0.2) is 0 Å². The third-order valence-electron chi connectivity index (χ3n) is 5.26. The second-order valence-corrected chi connectivity index (χ2v) is 14.7. The highest BCUT2D eigenvalue weighted by Gasteiger charge is 2.25. The molecule has 4 heterocycles. The van der Waals surface area contributed by atoms with Crippen LogP contribution in [0.25, 0.3) is 49.1 Å². The smallest absolute Gasteiger partial charge is 0.0618 e. The van der Waals surface area contributed by atoms with Gasteiger partial charge >= 0.3 is 0 Å². The van der Waals surface area contributed by atoms with Crippen LogP contribution in [0.15, 0.2) is 54.3 Å². The van der Waals surface area contributed by atoms with Gasteiger partial charge < -0.3 is 5.73 Å². The van der Waals surface area contributed by atoms with E-state index < -0.39 is 0 Å². The van der Waals surface area contributed by atoms with Gasteiger partial charge in [-0.3, -0.25) is 0 Å². The Morgan fingerprint density at radius 2 is 1.06 bits per heavy atom. The highest BCUT2D eigenvalue weighted by atomic mass is 79.9. The zero-order valence-electron chi connectivity index (χ0n) is 16.2. The lowest BCUT2D eigenvalue weighted by Crippen LogP contribution is -1.81. The van der Waals surface area contributed by atoms with Crippen molar-refractivity contribution in [2.75, 3.05) is 5.73 Å². The van der Waals surface area contributed by atoms with Gasteiger partial charge in [-0.1, -0.05) is 18.2 Å². The summed E-state index contributed by atoms with van der Waals surface area (Å²) >= 11 is 22.9. The summed E-state index contributed by atoms with van der Waals surface area (Å²) in [5, 5.41) is 2.47. The fraction of sp³-hybridized carbons (Fsp3) is 0.0435. The Hall–Kier alpha value is -0.260. The van der Waals surface area contributed by atoms with Crippen LogP contribution < -0.4 is 5.73 Å². The predicted octanol–water partition coefficient (Wildman–Crippen LogP) is 11.7. The van der Waals surface area contributed by atoms with Gasteiger partial charge in [0.25, 0.3) is 0 Å². The number of nitrogen functional groups attached to an aromatic ring is 1. The van der Waals surface area contributed by atoms with E-state index in [4.69, 9.17) is 5.73 Å². The summed E-state index contributed by atoms with van der Waals surface area (Å²) in [6, 6.07) is 12.7. The molecule has 4 aromatic heterocycles. The minimum absolute atomic E-state index is 0.792. The molecule has 0 atom stereocenters. The molecule has 0 aliphatic heterocycles.